The molecular formula is C21H16N6O. The molecular weight excluding hydrogens is 352 g/mol. The second-order valence-electron chi connectivity index (χ2n) is 6.93. The van der Waals surface area contributed by atoms with Crippen LogP contribution in [0.4, 0.5) is 5.82 Å². The average molecular weight is 368 g/mol. The highest BCUT2D eigenvalue weighted by atomic mass is 16.3. The molecule has 2 heterocycles. The zero-order valence-electron chi connectivity index (χ0n) is 14.9. The minimum atomic E-state index is -0.0913. The van der Waals surface area contributed by atoms with Gasteiger partial charge in [0.1, 0.15) is 29.7 Å². The van der Waals surface area contributed by atoms with Gasteiger partial charge in [-0.1, -0.05) is 30.3 Å². The molecule has 4 aromatic rings. The molecule has 0 aliphatic heterocycles. The third-order valence-corrected chi connectivity index (χ3v) is 5.29. The molecule has 0 spiro atoms. The predicted molar refractivity (Wildman–Crippen MR) is 104 cm³/mol. The lowest BCUT2D eigenvalue weighted by atomic mass is 10.1. The first kappa shape index (κ1) is 16.3. The summed E-state index contributed by atoms with van der Waals surface area (Å²) in [6, 6.07) is 15.3. The number of nitrogens with zero attached hydrogens (tertiary/aromatic N) is 5. The molecule has 7 heteroatoms. The van der Waals surface area contributed by atoms with Crippen LogP contribution in [0.1, 0.15) is 22.7 Å². The highest BCUT2D eigenvalue weighted by molar-refractivity contribution is 5.98. The molecule has 28 heavy (non-hydrogen) atoms. The summed E-state index contributed by atoms with van der Waals surface area (Å²) in [5, 5.41) is 24.6. The Kier molecular flexibility index (Phi) is 3.52. The van der Waals surface area contributed by atoms with Gasteiger partial charge >= 0.3 is 0 Å². The third-order valence-electron chi connectivity index (χ3n) is 5.29. The minimum absolute atomic E-state index is 0.0913. The Morgan fingerprint density at radius 2 is 1.86 bits per heavy atom. The molecule has 0 atom stereocenters. The van der Waals surface area contributed by atoms with Crippen molar-refractivity contribution in [2.75, 3.05) is 5.73 Å². The number of hydrogen-bond donors (Lipinski definition) is 2. The largest absolute Gasteiger partial charge is 0.507 e. The van der Waals surface area contributed by atoms with Gasteiger partial charge in [-0.2, -0.15) is 10.4 Å². The summed E-state index contributed by atoms with van der Waals surface area (Å²) in [5.41, 5.74) is 10.9. The van der Waals surface area contributed by atoms with Crippen LogP contribution < -0.4 is 5.73 Å². The van der Waals surface area contributed by atoms with Crippen molar-refractivity contribution in [1.82, 2.24) is 19.7 Å². The van der Waals surface area contributed by atoms with Crippen molar-refractivity contribution in [3.05, 3.63) is 65.5 Å². The van der Waals surface area contributed by atoms with Gasteiger partial charge in [0.25, 0.3) is 0 Å². The smallest absolute Gasteiger partial charge is 0.164 e. The van der Waals surface area contributed by atoms with E-state index in [1.165, 1.54) is 23.5 Å². The maximum atomic E-state index is 10.1. The zero-order valence-corrected chi connectivity index (χ0v) is 14.9. The first-order valence-corrected chi connectivity index (χ1v) is 8.94. The van der Waals surface area contributed by atoms with E-state index in [9.17, 15) is 5.11 Å². The Hall–Kier alpha value is -3.92. The first-order chi connectivity index (χ1) is 13.7. The fraction of sp³-hybridized carbons (Fsp3) is 0.143. The number of nitriles is 1. The van der Waals surface area contributed by atoms with Crippen molar-refractivity contribution in [2.24, 2.45) is 0 Å². The molecule has 7 nitrogen and oxygen atoms in total. The number of aromatic hydroxyl groups is 1. The summed E-state index contributed by atoms with van der Waals surface area (Å²) >= 11 is 0. The van der Waals surface area contributed by atoms with Crippen LogP contribution in [-0.2, 0) is 12.8 Å². The molecule has 5 rings (SSSR count). The van der Waals surface area contributed by atoms with Crippen LogP contribution >= 0.6 is 0 Å². The normalized spacial score (nSPS) is 13.5. The number of anilines is 1. The van der Waals surface area contributed by atoms with Crippen LogP contribution in [0, 0.1) is 11.3 Å². The zero-order chi connectivity index (χ0) is 19.3. The summed E-state index contributed by atoms with van der Waals surface area (Å²) in [5.74, 6) is 0.247. The molecule has 2 aromatic carbocycles. The van der Waals surface area contributed by atoms with Crippen LogP contribution in [0.2, 0.25) is 0 Å². The highest BCUT2D eigenvalue weighted by Gasteiger charge is 2.27. The molecule has 0 amide bonds. The molecule has 1 aliphatic rings. The lowest BCUT2D eigenvalue weighted by Gasteiger charge is -2.10. The van der Waals surface area contributed by atoms with E-state index in [4.69, 9.17) is 16.1 Å². The number of phenols is 1. The van der Waals surface area contributed by atoms with Crippen molar-refractivity contribution < 1.29 is 5.11 Å². The Morgan fingerprint density at radius 1 is 1.11 bits per heavy atom. The van der Waals surface area contributed by atoms with Crippen molar-refractivity contribution in [1.29, 1.82) is 5.26 Å². The number of nitrogen functional groups attached to an aromatic ring is 1. The van der Waals surface area contributed by atoms with Crippen LogP contribution in [0.3, 0.4) is 0 Å². The number of benzene rings is 2. The van der Waals surface area contributed by atoms with E-state index >= 15 is 0 Å². The maximum Gasteiger partial charge on any atom is 0.164 e. The van der Waals surface area contributed by atoms with Crippen molar-refractivity contribution in [3.8, 4) is 23.1 Å². The van der Waals surface area contributed by atoms with Gasteiger partial charge in [-0.15, -0.1) is 0 Å². The number of nitrogens with two attached hydrogens (primary N) is 1. The van der Waals surface area contributed by atoms with Gasteiger partial charge in [0.2, 0.25) is 0 Å². The molecule has 136 valence electrons. The number of fused-ring (bicyclic) bond motifs is 2. The molecule has 0 fully saturated rings. The van der Waals surface area contributed by atoms with Crippen LogP contribution in [0.25, 0.3) is 22.3 Å². The Labute approximate surface area is 160 Å². The van der Waals surface area contributed by atoms with Crippen LogP contribution in [0.5, 0.6) is 5.75 Å². The van der Waals surface area contributed by atoms with Crippen LogP contribution in [-0.4, -0.2) is 24.9 Å². The number of phenolic OH excluding ortho intramolecular Hbond substituents is 1. The van der Waals surface area contributed by atoms with E-state index in [1.807, 2.05) is 22.9 Å². The van der Waals surface area contributed by atoms with E-state index < -0.39 is 0 Å². The summed E-state index contributed by atoms with van der Waals surface area (Å²) in [6.07, 6.45) is 3.18. The van der Waals surface area contributed by atoms with Gasteiger partial charge in [0.15, 0.2) is 5.65 Å². The topological polar surface area (TPSA) is 114 Å². The predicted octanol–water partition coefficient (Wildman–Crippen LogP) is 2.99. The second kappa shape index (κ2) is 6.06. The monoisotopic (exact) mass is 368 g/mol. The lowest BCUT2D eigenvalue weighted by Crippen LogP contribution is -2.11. The summed E-state index contributed by atoms with van der Waals surface area (Å²) in [4.78, 5) is 8.57. The van der Waals surface area contributed by atoms with Crippen molar-refractivity contribution >= 4 is 16.9 Å². The molecule has 0 bridgehead atoms. The Balaban J connectivity index is 1.68. The van der Waals surface area contributed by atoms with Gasteiger partial charge < -0.3 is 10.8 Å². The number of rotatable bonds is 2. The van der Waals surface area contributed by atoms with Gasteiger partial charge in [-0.3, -0.25) is 0 Å². The minimum Gasteiger partial charge on any atom is -0.507 e. The van der Waals surface area contributed by atoms with Crippen LogP contribution in [0.15, 0.2) is 48.8 Å². The first-order valence-electron chi connectivity index (χ1n) is 8.94. The molecule has 2 aromatic heterocycles. The van der Waals surface area contributed by atoms with Crippen molar-refractivity contribution in [2.45, 2.75) is 18.9 Å². The SMILES string of the molecule is N#Cc1ccc(-c2nn(C3Cc4ccccc4C3)c3ncnc(N)c23)cc1O. The lowest BCUT2D eigenvalue weighted by molar-refractivity contribution is 0.473. The van der Waals surface area contributed by atoms with Crippen molar-refractivity contribution in [3.63, 3.8) is 0 Å². The Bertz CT molecular complexity index is 1240. The van der Waals surface area contributed by atoms with Gasteiger partial charge in [0, 0.05) is 5.56 Å². The summed E-state index contributed by atoms with van der Waals surface area (Å²) < 4.78 is 1.91. The quantitative estimate of drug-likeness (QED) is 0.562. The van der Waals surface area contributed by atoms with E-state index in [2.05, 4.69) is 22.1 Å². The Morgan fingerprint density at radius 3 is 2.54 bits per heavy atom. The molecule has 0 saturated carbocycles. The molecule has 0 saturated heterocycles. The molecule has 1 aliphatic carbocycles. The number of hydrogen-bond acceptors (Lipinski definition) is 6. The van der Waals surface area contributed by atoms with Gasteiger partial charge in [0.05, 0.1) is 17.0 Å². The number of aromatic nitrogens is 4. The van der Waals surface area contributed by atoms with E-state index in [0.29, 0.717) is 28.1 Å². The standard InChI is InChI=1S/C21H16N6O/c22-10-15-6-5-14(9-17(15)28)19-18-20(23)24-11-25-21(18)27(26-19)16-7-12-3-1-2-4-13(12)8-16/h1-6,9,11,16,28H,7-8H2,(H2,23,24,25). The maximum absolute atomic E-state index is 10.1. The van der Waals surface area contributed by atoms with E-state index in [-0.39, 0.29) is 17.4 Å². The summed E-state index contributed by atoms with van der Waals surface area (Å²) in [7, 11) is 0. The third kappa shape index (κ3) is 2.39. The molecule has 0 radical (unpaired) electrons. The van der Waals surface area contributed by atoms with Gasteiger partial charge in [-0.25, -0.2) is 14.6 Å². The molecule has 0 unspecified atom stereocenters. The van der Waals surface area contributed by atoms with E-state index in [0.717, 1.165) is 12.8 Å². The second-order valence-corrected chi connectivity index (χ2v) is 6.93. The fourth-order valence-corrected chi connectivity index (χ4v) is 3.93. The van der Waals surface area contributed by atoms with E-state index in [1.54, 1.807) is 12.1 Å². The fourth-order valence-electron chi connectivity index (χ4n) is 3.93. The average Bonchev–Trinajstić information content (AvgIpc) is 3.30. The van der Waals surface area contributed by atoms with Gasteiger partial charge in [-0.05, 0) is 36.1 Å². The molecule has 3 N–H and O–H groups in total. The summed E-state index contributed by atoms with van der Waals surface area (Å²) in [6.45, 7) is 0. The highest BCUT2D eigenvalue weighted by Crippen LogP contribution is 2.37.